The minimum atomic E-state index is 0.398. The summed E-state index contributed by atoms with van der Waals surface area (Å²) in [6.45, 7) is 6.55. The average molecular weight is 219 g/mol. The van der Waals surface area contributed by atoms with E-state index < -0.39 is 0 Å². The van der Waals surface area contributed by atoms with E-state index in [-0.39, 0.29) is 0 Å². The molecule has 0 heterocycles. The van der Waals surface area contributed by atoms with Crippen molar-refractivity contribution < 1.29 is 0 Å². The highest BCUT2D eigenvalue weighted by atomic mass is 14.6. The zero-order valence-electron chi connectivity index (χ0n) is 10.9. The fraction of sp³-hybridized carbons (Fsp3) is 0.600. The standard InChI is InChI=1S/C15H25N/c1-4-6-15(16)8-5-7-14-11-12(2)9-10-13(14)3/h9-11,15H,4-8,16H2,1-3H3. The third-order valence-corrected chi connectivity index (χ3v) is 3.19. The Kier molecular flexibility index (Phi) is 5.54. The van der Waals surface area contributed by atoms with Crippen LogP contribution in [0, 0.1) is 13.8 Å². The van der Waals surface area contributed by atoms with Crippen molar-refractivity contribution in [3.8, 4) is 0 Å². The van der Waals surface area contributed by atoms with Crippen LogP contribution in [-0.2, 0) is 6.42 Å². The van der Waals surface area contributed by atoms with Gasteiger partial charge in [0.15, 0.2) is 0 Å². The third kappa shape index (κ3) is 4.36. The van der Waals surface area contributed by atoms with Crippen LogP contribution in [0.25, 0.3) is 0 Å². The maximum Gasteiger partial charge on any atom is 0.00388 e. The van der Waals surface area contributed by atoms with Crippen molar-refractivity contribution in [2.75, 3.05) is 0 Å². The zero-order chi connectivity index (χ0) is 12.0. The van der Waals surface area contributed by atoms with Gasteiger partial charge in [-0.3, -0.25) is 0 Å². The van der Waals surface area contributed by atoms with E-state index in [1.165, 1.54) is 36.0 Å². The molecule has 90 valence electrons. The fourth-order valence-electron chi connectivity index (χ4n) is 2.14. The molecule has 0 aliphatic heterocycles. The molecule has 0 saturated carbocycles. The molecular weight excluding hydrogens is 194 g/mol. The van der Waals surface area contributed by atoms with Crippen LogP contribution < -0.4 is 5.73 Å². The highest BCUT2D eigenvalue weighted by molar-refractivity contribution is 5.30. The van der Waals surface area contributed by atoms with Gasteiger partial charge in [0.2, 0.25) is 0 Å². The Morgan fingerprint density at radius 1 is 1.19 bits per heavy atom. The summed E-state index contributed by atoms with van der Waals surface area (Å²) in [6, 6.07) is 7.11. The summed E-state index contributed by atoms with van der Waals surface area (Å²) in [7, 11) is 0. The first kappa shape index (κ1) is 13.2. The predicted octanol–water partition coefficient (Wildman–Crippen LogP) is 3.75. The molecular formula is C15H25N. The summed E-state index contributed by atoms with van der Waals surface area (Å²) >= 11 is 0. The second kappa shape index (κ2) is 6.70. The molecule has 0 aliphatic rings. The molecule has 0 aromatic heterocycles. The molecule has 0 spiro atoms. The van der Waals surface area contributed by atoms with Crippen molar-refractivity contribution in [2.45, 2.75) is 58.9 Å². The van der Waals surface area contributed by atoms with Gasteiger partial charge in [-0.2, -0.15) is 0 Å². The molecule has 0 aliphatic carbocycles. The summed E-state index contributed by atoms with van der Waals surface area (Å²) in [5.41, 5.74) is 10.3. The van der Waals surface area contributed by atoms with E-state index in [0.717, 1.165) is 12.8 Å². The lowest BCUT2D eigenvalue weighted by Crippen LogP contribution is -2.19. The normalized spacial score (nSPS) is 12.8. The Labute approximate surface area is 100 Å². The zero-order valence-corrected chi connectivity index (χ0v) is 10.9. The van der Waals surface area contributed by atoms with E-state index in [2.05, 4.69) is 39.0 Å². The quantitative estimate of drug-likeness (QED) is 0.774. The molecule has 1 rings (SSSR count). The summed E-state index contributed by atoms with van der Waals surface area (Å²) in [4.78, 5) is 0. The van der Waals surface area contributed by atoms with E-state index in [4.69, 9.17) is 5.73 Å². The van der Waals surface area contributed by atoms with Crippen LogP contribution in [0.4, 0.5) is 0 Å². The van der Waals surface area contributed by atoms with Gasteiger partial charge >= 0.3 is 0 Å². The van der Waals surface area contributed by atoms with Gasteiger partial charge in [-0.05, 0) is 50.7 Å². The predicted molar refractivity (Wildman–Crippen MR) is 71.7 cm³/mol. The Hall–Kier alpha value is -0.820. The first-order valence-electron chi connectivity index (χ1n) is 6.45. The first-order valence-corrected chi connectivity index (χ1v) is 6.45. The van der Waals surface area contributed by atoms with Gasteiger partial charge in [0, 0.05) is 6.04 Å². The minimum absolute atomic E-state index is 0.398. The van der Waals surface area contributed by atoms with Gasteiger partial charge in [-0.15, -0.1) is 0 Å². The SMILES string of the molecule is CCCC(N)CCCc1cc(C)ccc1C. The molecule has 0 bridgehead atoms. The van der Waals surface area contributed by atoms with E-state index in [1.54, 1.807) is 0 Å². The lowest BCUT2D eigenvalue weighted by Gasteiger charge is -2.11. The molecule has 0 amide bonds. The van der Waals surface area contributed by atoms with Gasteiger partial charge in [-0.25, -0.2) is 0 Å². The molecule has 16 heavy (non-hydrogen) atoms. The van der Waals surface area contributed by atoms with Crippen LogP contribution in [-0.4, -0.2) is 6.04 Å². The van der Waals surface area contributed by atoms with Gasteiger partial charge in [-0.1, -0.05) is 37.1 Å². The lowest BCUT2D eigenvalue weighted by atomic mass is 9.98. The van der Waals surface area contributed by atoms with E-state index in [1.807, 2.05) is 0 Å². The smallest absolute Gasteiger partial charge is 0.00388 e. The van der Waals surface area contributed by atoms with Crippen LogP contribution in [0.15, 0.2) is 18.2 Å². The summed E-state index contributed by atoms with van der Waals surface area (Å²) < 4.78 is 0. The number of hydrogen-bond donors (Lipinski definition) is 1. The molecule has 0 fully saturated rings. The second-order valence-corrected chi connectivity index (χ2v) is 4.87. The Balaban J connectivity index is 2.39. The van der Waals surface area contributed by atoms with Crippen LogP contribution in [0.3, 0.4) is 0 Å². The molecule has 1 aromatic carbocycles. The van der Waals surface area contributed by atoms with Crippen molar-refractivity contribution in [2.24, 2.45) is 5.73 Å². The van der Waals surface area contributed by atoms with E-state index in [9.17, 15) is 0 Å². The Bertz CT molecular complexity index is 317. The maximum absolute atomic E-state index is 6.02. The topological polar surface area (TPSA) is 26.0 Å². The molecule has 1 heteroatoms. The molecule has 2 N–H and O–H groups in total. The molecule has 1 nitrogen and oxygen atoms in total. The molecule has 1 aromatic rings. The van der Waals surface area contributed by atoms with Crippen LogP contribution in [0.5, 0.6) is 0 Å². The lowest BCUT2D eigenvalue weighted by molar-refractivity contribution is 0.539. The highest BCUT2D eigenvalue weighted by Crippen LogP contribution is 2.14. The van der Waals surface area contributed by atoms with Crippen molar-refractivity contribution in [3.63, 3.8) is 0 Å². The van der Waals surface area contributed by atoms with Crippen LogP contribution >= 0.6 is 0 Å². The van der Waals surface area contributed by atoms with Gasteiger partial charge < -0.3 is 5.73 Å². The minimum Gasteiger partial charge on any atom is -0.328 e. The summed E-state index contributed by atoms with van der Waals surface area (Å²) in [5, 5.41) is 0. The van der Waals surface area contributed by atoms with Gasteiger partial charge in [0.05, 0.1) is 0 Å². The van der Waals surface area contributed by atoms with Gasteiger partial charge in [0.25, 0.3) is 0 Å². The van der Waals surface area contributed by atoms with Crippen molar-refractivity contribution >= 4 is 0 Å². The number of benzene rings is 1. The van der Waals surface area contributed by atoms with Crippen molar-refractivity contribution in [1.82, 2.24) is 0 Å². The van der Waals surface area contributed by atoms with E-state index in [0.29, 0.717) is 6.04 Å². The van der Waals surface area contributed by atoms with Crippen LogP contribution in [0.1, 0.15) is 49.3 Å². The molecule has 1 unspecified atom stereocenters. The molecule has 1 atom stereocenters. The molecule has 0 saturated heterocycles. The first-order chi connectivity index (χ1) is 7.63. The Morgan fingerprint density at radius 3 is 2.62 bits per heavy atom. The average Bonchev–Trinajstić information content (AvgIpc) is 2.23. The largest absolute Gasteiger partial charge is 0.328 e. The van der Waals surface area contributed by atoms with Crippen molar-refractivity contribution in [3.05, 3.63) is 34.9 Å². The highest BCUT2D eigenvalue weighted by Gasteiger charge is 2.03. The van der Waals surface area contributed by atoms with Crippen molar-refractivity contribution in [1.29, 1.82) is 0 Å². The third-order valence-electron chi connectivity index (χ3n) is 3.19. The number of hydrogen-bond acceptors (Lipinski definition) is 1. The number of rotatable bonds is 6. The van der Waals surface area contributed by atoms with Crippen LogP contribution in [0.2, 0.25) is 0 Å². The molecule has 0 radical (unpaired) electrons. The van der Waals surface area contributed by atoms with E-state index >= 15 is 0 Å². The maximum atomic E-state index is 6.02. The second-order valence-electron chi connectivity index (χ2n) is 4.87. The fourth-order valence-corrected chi connectivity index (χ4v) is 2.14. The summed E-state index contributed by atoms with van der Waals surface area (Å²) in [5.74, 6) is 0. The Morgan fingerprint density at radius 2 is 1.94 bits per heavy atom. The monoisotopic (exact) mass is 219 g/mol. The summed E-state index contributed by atoms with van der Waals surface area (Å²) in [6.07, 6.45) is 5.90. The number of nitrogens with two attached hydrogens (primary N) is 1. The number of aryl methyl sites for hydroxylation is 3. The van der Waals surface area contributed by atoms with Gasteiger partial charge in [0.1, 0.15) is 0 Å².